The first-order valence-electron chi connectivity index (χ1n) is 11.3. The number of nitrogens with zero attached hydrogens (tertiary/aromatic N) is 5. The van der Waals surface area contributed by atoms with E-state index in [2.05, 4.69) is 68.1 Å². The molecular formula is C24H32N6O2. The van der Waals surface area contributed by atoms with Gasteiger partial charge in [0.05, 0.1) is 11.6 Å². The van der Waals surface area contributed by atoms with Crippen LogP contribution in [0.1, 0.15) is 43.5 Å². The molecule has 1 aliphatic heterocycles. The van der Waals surface area contributed by atoms with Crippen LogP contribution in [0.25, 0.3) is 10.9 Å². The molecule has 4 rings (SSSR count). The fraction of sp³-hybridized carbons (Fsp3) is 0.500. The molecule has 1 amide bonds. The van der Waals surface area contributed by atoms with E-state index < -0.39 is 0 Å². The van der Waals surface area contributed by atoms with Gasteiger partial charge in [0, 0.05) is 51.3 Å². The first kappa shape index (κ1) is 22.4. The van der Waals surface area contributed by atoms with Gasteiger partial charge in [0.1, 0.15) is 12.4 Å². The van der Waals surface area contributed by atoms with Gasteiger partial charge < -0.3 is 14.6 Å². The van der Waals surface area contributed by atoms with Gasteiger partial charge in [0.15, 0.2) is 5.82 Å². The second kappa shape index (κ2) is 10.2. The molecule has 32 heavy (non-hydrogen) atoms. The highest BCUT2D eigenvalue weighted by atomic mass is 16.5. The lowest BCUT2D eigenvalue weighted by Crippen LogP contribution is -2.34. The summed E-state index contributed by atoms with van der Waals surface area (Å²) in [6, 6.07) is 10.3. The molecule has 170 valence electrons. The van der Waals surface area contributed by atoms with E-state index in [-0.39, 0.29) is 18.6 Å². The number of fused-ring (bicyclic) bond motifs is 2. The van der Waals surface area contributed by atoms with Crippen LogP contribution in [0.5, 0.6) is 0 Å². The molecule has 1 N–H and O–H groups in total. The summed E-state index contributed by atoms with van der Waals surface area (Å²) in [7, 11) is 1.53. The van der Waals surface area contributed by atoms with E-state index in [0.717, 1.165) is 56.2 Å². The topological polar surface area (TPSA) is 85.2 Å². The van der Waals surface area contributed by atoms with Crippen LogP contribution in [0.15, 0.2) is 36.5 Å². The standard InChI is InChI=1S/C24H32N6O2/c1-17(2)14-20(26-22(31)16-32-3)24-28-27-21-9-11-29(12-13-30(21)24)15-19-7-4-6-18-8-5-10-25-23(18)19/h4-8,10,17,20H,9,11-16H2,1-3H3,(H,26,31). The van der Waals surface area contributed by atoms with Gasteiger partial charge in [0.2, 0.25) is 5.91 Å². The number of nitrogens with one attached hydrogen (secondary N) is 1. The molecule has 3 aromatic rings. The van der Waals surface area contributed by atoms with Crippen LogP contribution in [-0.2, 0) is 29.0 Å². The van der Waals surface area contributed by atoms with E-state index in [9.17, 15) is 4.79 Å². The number of benzene rings is 1. The number of carbonyl (C=O) groups excluding carboxylic acids is 1. The number of rotatable bonds is 8. The van der Waals surface area contributed by atoms with Gasteiger partial charge in [-0.15, -0.1) is 10.2 Å². The summed E-state index contributed by atoms with van der Waals surface area (Å²) in [5.74, 6) is 2.10. The van der Waals surface area contributed by atoms with Crippen LogP contribution in [0.4, 0.5) is 0 Å². The summed E-state index contributed by atoms with van der Waals surface area (Å²) in [5, 5.41) is 13.2. The van der Waals surface area contributed by atoms with Gasteiger partial charge in [-0.3, -0.25) is 14.7 Å². The molecule has 0 saturated carbocycles. The fourth-order valence-corrected chi connectivity index (χ4v) is 4.41. The molecule has 3 heterocycles. The van der Waals surface area contributed by atoms with Gasteiger partial charge in [-0.2, -0.15) is 0 Å². The van der Waals surface area contributed by atoms with Crippen molar-refractivity contribution in [1.82, 2.24) is 30.0 Å². The molecule has 8 heteroatoms. The predicted molar refractivity (Wildman–Crippen MR) is 123 cm³/mol. The molecule has 0 fully saturated rings. The molecule has 2 aromatic heterocycles. The van der Waals surface area contributed by atoms with Gasteiger partial charge in [-0.05, 0) is 24.0 Å². The number of carbonyl (C=O) groups is 1. The van der Waals surface area contributed by atoms with Crippen molar-refractivity contribution in [3.8, 4) is 0 Å². The Morgan fingerprint density at radius 1 is 1.16 bits per heavy atom. The molecule has 0 spiro atoms. The number of pyridine rings is 1. The van der Waals surface area contributed by atoms with E-state index in [1.165, 1.54) is 18.1 Å². The third-order valence-corrected chi connectivity index (χ3v) is 5.89. The number of amides is 1. The smallest absolute Gasteiger partial charge is 0.246 e. The van der Waals surface area contributed by atoms with Gasteiger partial charge >= 0.3 is 0 Å². The highest BCUT2D eigenvalue weighted by molar-refractivity contribution is 5.81. The monoisotopic (exact) mass is 436 g/mol. The van der Waals surface area contributed by atoms with E-state index in [1.807, 2.05) is 12.3 Å². The van der Waals surface area contributed by atoms with Crippen molar-refractivity contribution >= 4 is 16.8 Å². The number of aromatic nitrogens is 4. The third-order valence-electron chi connectivity index (χ3n) is 5.89. The van der Waals surface area contributed by atoms with Crippen molar-refractivity contribution in [1.29, 1.82) is 0 Å². The molecule has 0 bridgehead atoms. The van der Waals surface area contributed by atoms with Crippen LogP contribution in [0.3, 0.4) is 0 Å². The number of ether oxygens (including phenoxy) is 1. The molecule has 1 atom stereocenters. The SMILES string of the molecule is COCC(=O)NC(CC(C)C)c1nnc2n1CCN(Cc1cccc3cccnc13)CC2. The maximum absolute atomic E-state index is 12.2. The largest absolute Gasteiger partial charge is 0.375 e. The average Bonchev–Trinajstić information content (AvgIpc) is 3.07. The van der Waals surface area contributed by atoms with Crippen LogP contribution in [-0.4, -0.2) is 57.4 Å². The molecule has 1 unspecified atom stereocenters. The van der Waals surface area contributed by atoms with Crippen molar-refractivity contribution in [2.24, 2.45) is 5.92 Å². The summed E-state index contributed by atoms with van der Waals surface area (Å²) in [4.78, 5) is 19.3. The van der Waals surface area contributed by atoms with Crippen LogP contribution in [0, 0.1) is 5.92 Å². The first-order chi connectivity index (χ1) is 15.5. The first-order valence-corrected chi connectivity index (χ1v) is 11.3. The quantitative estimate of drug-likeness (QED) is 0.584. The summed E-state index contributed by atoms with van der Waals surface area (Å²) < 4.78 is 7.19. The van der Waals surface area contributed by atoms with E-state index in [0.29, 0.717) is 5.92 Å². The van der Waals surface area contributed by atoms with Crippen molar-refractivity contribution in [3.63, 3.8) is 0 Å². The Balaban J connectivity index is 1.50. The van der Waals surface area contributed by atoms with Crippen molar-refractivity contribution in [2.45, 2.75) is 45.8 Å². The number of methoxy groups -OCH3 is 1. The second-order valence-electron chi connectivity index (χ2n) is 8.83. The normalized spacial score (nSPS) is 15.5. The Hall–Kier alpha value is -2.84. The van der Waals surface area contributed by atoms with Crippen LogP contribution >= 0.6 is 0 Å². The summed E-state index contributed by atoms with van der Waals surface area (Å²) >= 11 is 0. The predicted octanol–water partition coefficient (Wildman–Crippen LogP) is 2.73. The minimum Gasteiger partial charge on any atom is -0.375 e. The average molecular weight is 437 g/mol. The van der Waals surface area contributed by atoms with Crippen LogP contribution < -0.4 is 5.32 Å². The highest BCUT2D eigenvalue weighted by Gasteiger charge is 2.26. The summed E-state index contributed by atoms with van der Waals surface area (Å²) in [6.07, 6.45) is 3.49. The van der Waals surface area contributed by atoms with E-state index in [1.54, 1.807) is 0 Å². The van der Waals surface area contributed by atoms with Crippen molar-refractivity contribution in [2.75, 3.05) is 26.8 Å². The minimum absolute atomic E-state index is 0.0441. The Kier molecular flexibility index (Phi) is 7.12. The lowest BCUT2D eigenvalue weighted by atomic mass is 10.0. The molecule has 1 aromatic carbocycles. The summed E-state index contributed by atoms with van der Waals surface area (Å²) in [6.45, 7) is 7.78. The molecular weight excluding hydrogens is 404 g/mol. The molecule has 1 aliphatic rings. The zero-order valence-electron chi connectivity index (χ0n) is 19.1. The zero-order chi connectivity index (χ0) is 22.5. The number of hydrogen-bond donors (Lipinski definition) is 1. The molecule has 8 nitrogen and oxygen atoms in total. The van der Waals surface area contributed by atoms with Crippen LogP contribution in [0.2, 0.25) is 0 Å². The Bertz CT molecular complexity index is 1060. The Morgan fingerprint density at radius 2 is 2.00 bits per heavy atom. The minimum atomic E-state index is -0.173. The van der Waals surface area contributed by atoms with Crippen molar-refractivity contribution < 1.29 is 9.53 Å². The fourth-order valence-electron chi connectivity index (χ4n) is 4.41. The second-order valence-corrected chi connectivity index (χ2v) is 8.83. The Labute approximate surface area is 189 Å². The highest BCUT2D eigenvalue weighted by Crippen LogP contribution is 2.23. The van der Waals surface area contributed by atoms with E-state index in [4.69, 9.17) is 4.74 Å². The lowest BCUT2D eigenvalue weighted by Gasteiger charge is -2.22. The van der Waals surface area contributed by atoms with Gasteiger partial charge in [-0.25, -0.2) is 0 Å². The number of para-hydroxylation sites is 1. The molecule has 0 aliphatic carbocycles. The van der Waals surface area contributed by atoms with E-state index >= 15 is 0 Å². The summed E-state index contributed by atoms with van der Waals surface area (Å²) in [5.41, 5.74) is 2.31. The zero-order valence-corrected chi connectivity index (χ0v) is 19.1. The lowest BCUT2D eigenvalue weighted by molar-refractivity contribution is -0.125. The number of hydrogen-bond acceptors (Lipinski definition) is 6. The third kappa shape index (κ3) is 5.14. The van der Waals surface area contributed by atoms with Gasteiger partial charge in [0.25, 0.3) is 0 Å². The molecule has 0 saturated heterocycles. The van der Waals surface area contributed by atoms with Gasteiger partial charge in [-0.1, -0.05) is 38.1 Å². The maximum atomic E-state index is 12.2. The molecule has 0 radical (unpaired) electrons. The Morgan fingerprint density at radius 3 is 2.81 bits per heavy atom. The maximum Gasteiger partial charge on any atom is 0.246 e. The van der Waals surface area contributed by atoms with Crippen molar-refractivity contribution in [3.05, 3.63) is 53.7 Å².